The highest BCUT2D eigenvalue weighted by molar-refractivity contribution is 6.08. The van der Waals surface area contributed by atoms with E-state index in [0.717, 1.165) is 23.1 Å². The minimum absolute atomic E-state index is 0. The molecule has 0 radical (unpaired) electrons. The smallest absolute Gasteiger partial charge is 0.266 e. The molecule has 0 aliphatic carbocycles. The minimum atomic E-state index is -1.69. The molecule has 0 bridgehead atoms. The van der Waals surface area contributed by atoms with Gasteiger partial charge in [-0.2, -0.15) is 0 Å². The Morgan fingerprint density at radius 1 is 1.16 bits per heavy atom. The second kappa shape index (κ2) is 6.46. The van der Waals surface area contributed by atoms with Crippen LogP contribution in [-0.4, -0.2) is 35.9 Å². The van der Waals surface area contributed by atoms with E-state index in [2.05, 4.69) is 9.98 Å². The molecule has 25 heavy (non-hydrogen) atoms. The van der Waals surface area contributed by atoms with E-state index in [-0.39, 0.29) is 18.9 Å². The number of hydrogen-bond donors (Lipinski definition) is 1. The van der Waals surface area contributed by atoms with Crippen LogP contribution >= 0.6 is 0 Å². The number of hydrogen-bond acceptors (Lipinski definition) is 5. The topological polar surface area (TPSA) is 80.8 Å². The number of aliphatic imine (C=N–C) groups is 1. The Kier molecular flexibility index (Phi) is 4.73. The molecule has 6 nitrogen and oxygen atoms in total. The number of guanidine groups is 1. The van der Waals surface area contributed by atoms with Crippen molar-refractivity contribution in [2.45, 2.75) is 13.0 Å². The van der Waals surface area contributed by atoms with Crippen LogP contribution in [-0.2, 0) is 10.3 Å². The molecule has 1 unspecified atom stereocenters. The second-order valence-electron chi connectivity index (χ2n) is 5.29. The van der Waals surface area contributed by atoms with Gasteiger partial charge < -0.3 is 10.5 Å². The first-order chi connectivity index (χ1) is 11.4. The fraction of sp³-hybridized carbons (Fsp3) is 0.235. The van der Waals surface area contributed by atoms with E-state index in [1.54, 1.807) is 6.07 Å². The van der Waals surface area contributed by atoms with Crippen LogP contribution in [0.3, 0.4) is 0 Å². The average molecular weight is 348 g/mol. The van der Waals surface area contributed by atoms with E-state index in [9.17, 15) is 13.6 Å². The van der Waals surface area contributed by atoms with Gasteiger partial charge in [-0.15, -0.1) is 0 Å². The van der Waals surface area contributed by atoms with Crippen molar-refractivity contribution in [3.63, 3.8) is 0 Å². The molecule has 2 heterocycles. The van der Waals surface area contributed by atoms with Gasteiger partial charge >= 0.3 is 0 Å². The molecular formula is C17H18F2N4O2. The van der Waals surface area contributed by atoms with Crippen LogP contribution in [0.15, 0.2) is 41.5 Å². The van der Waals surface area contributed by atoms with Crippen molar-refractivity contribution >= 4 is 11.9 Å². The van der Waals surface area contributed by atoms with Crippen molar-refractivity contribution in [1.29, 1.82) is 0 Å². The van der Waals surface area contributed by atoms with Gasteiger partial charge in [-0.3, -0.25) is 9.69 Å². The Balaban J connectivity index is 0.00000225. The average Bonchev–Trinajstić information content (AvgIpc) is 2.79. The predicted octanol–water partition coefficient (Wildman–Crippen LogP) is 2.03. The van der Waals surface area contributed by atoms with Crippen molar-refractivity contribution < 1.29 is 18.3 Å². The summed E-state index contributed by atoms with van der Waals surface area (Å²) in [5.74, 6) is -1.89. The van der Waals surface area contributed by atoms with Crippen molar-refractivity contribution in [2.24, 2.45) is 10.7 Å². The third-order valence-corrected chi connectivity index (χ3v) is 3.88. The summed E-state index contributed by atoms with van der Waals surface area (Å²) in [6.07, 6.45) is 1.37. The van der Waals surface area contributed by atoms with Crippen LogP contribution in [0.5, 0.6) is 5.88 Å². The lowest BCUT2D eigenvalue weighted by Gasteiger charge is -2.25. The number of halogens is 2. The maximum atomic E-state index is 13.7. The van der Waals surface area contributed by atoms with E-state index < -0.39 is 23.1 Å². The van der Waals surface area contributed by atoms with E-state index in [1.807, 2.05) is 0 Å². The highest BCUT2D eigenvalue weighted by Crippen LogP contribution is 2.39. The molecule has 1 aliphatic heterocycles. The Labute approximate surface area is 143 Å². The lowest BCUT2D eigenvalue weighted by molar-refractivity contribution is -0.129. The van der Waals surface area contributed by atoms with Crippen molar-refractivity contribution in [1.82, 2.24) is 9.88 Å². The maximum Gasteiger partial charge on any atom is 0.266 e. The Hall–Kier alpha value is -3.03. The fourth-order valence-corrected chi connectivity index (χ4v) is 2.66. The molecule has 132 valence electrons. The molecule has 1 aromatic heterocycles. The molecule has 1 atom stereocenters. The summed E-state index contributed by atoms with van der Waals surface area (Å²) < 4.78 is 32.4. The van der Waals surface area contributed by atoms with Crippen LogP contribution in [0.2, 0.25) is 0 Å². The standard InChI is InChI=1S/C16H14F2N4O2.CH4/c1-22-14(23)16(21-15(22)19,9-3-4-13(24-2)20-8-9)10-5-11(17)7-12(18)6-10;/h3-8H,1-2H3,(H2,19,21);1H4. The first-order valence-electron chi connectivity index (χ1n) is 6.99. The fourth-order valence-electron chi connectivity index (χ4n) is 2.66. The number of benzene rings is 1. The number of nitrogens with two attached hydrogens (primary N) is 1. The Morgan fingerprint density at radius 2 is 1.80 bits per heavy atom. The summed E-state index contributed by atoms with van der Waals surface area (Å²) in [4.78, 5) is 22.2. The monoisotopic (exact) mass is 348 g/mol. The number of ether oxygens (including phenoxy) is 1. The molecule has 0 fully saturated rings. The number of rotatable bonds is 3. The number of methoxy groups -OCH3 is 1. The van der Waals surface area contributed by atoms with E-state index in [0.29, 0.717) is 11.4 Å². The maximum absolute atomic E-state index is 13.7. The van der Waals surface area contributed by atoms with Gasteiger partial charge in [0.1, 0.15) is 11.6 Å². The molecule has 2 N–H and O–H groups in total. The summed E-state index contributed by atoms with van der Waals surface area (Å²) in [6, 6.07) is 5.93. The van der Waals surface area contributed by atoms with Gasteiger partial charge in [0.05, 0.1) is 7.11 Å². The lowest BCUT2D eigenvalue weighted by atomic mass is 9.83. The molecular weight excluding hydrogens is 330 g/mol. The van der Waals surface area contributed by atoms with Gasteiger partial charge in [-0.05, 0) is 23.8 Å². The number of aromatic nitrogens is 1. The summed E-state index contributed by atoms with van der Waals surface area (Å²) in [5, 5.41) is 0. The van der Waals surface area contributed by atoms with Gasteiger partial charge in [0.25, 0.3) is 5.91 Å². The van der Waals surface area contributed by atoms with Crippen LogP contribution < -0.4 is 10.5 Å². The Bertz CT molecular complexity index is 819. The minimum Gasteiger partial charge on any atom is -0.481 e. The highest BCUT2D eigenvalue weighted by atomic mass is 19.1. The van der Waals surface area contributed by atoms with Crippen LogP contribution in [0.4, 0.5) is 8.78 Å². The van der Waals surface area contributed by atoms with Crippen molar-refractivity contribution in [3.05, 3.63) is 59.3 Å². The predicted molar refractivity (Wildman–Crippen MR) is 89.1 cm³/mol. The molecule has 1 aliphatic rings. The van der Waals surface area contributed by atoms with Crippen LogP contribution in [0.25, 0.3) is 0 Å². The molecule has 0 spiro atoms. The number of carbonyl (C=O) groups is 1. The summed E-state index contributed by atoms with van der Waals surface area (Å²) >= 11 is 0. The Morgan fingerprint density at radius 3 is 2.24 bits per heavy atom. The molecule has 1 aromatic carbocycles. The van der Waals surface area contributed by atoms with E-state index in [4.69, 9.17) is 10.5 Å². The number of carbonyl (C=O) groups excluding carboxylic acids is 1. The van der Waals surface area contributed by atoms with E-state index >= 15 is 0 Å². The molecule has 3 rings (SSSR count). The first kappa shape index (κ1) is 18.3. The molecule has 8 heteroatoms. The lowest BCUT2D eigenvalue weighted by Crippen LogP contribution is -2.41. The third-order valence-electron chi connectivity index (χ3n) is 3.88. The van der Waals surface area contributed by atoms with Crippen LogP contribution in [0, 0.1) is 11.6 Å². The molecule has 0 saturated carbocycles. The molecule has 2 aromatic rings. The molecule has 0 saturated heterocycles. The van der Waals surface area contributed by atoms with E-state index in [1.165, 1.54) is 26.4 Å². The van der Waals surface area contributed by atoms with Gasteiger partial charge in [-0.1, -0.05) is 7.43 Å². The second-order valence-corrected chi connectivity index (χ2v) is 5.29. The zero-order valence-electron chi connectivity index (χ0n) is 13.0. The number of pyridine rings is 1. The zero-order valence-corrected chi connectivity index (χ0v) is 13.0. The van der Waals surface area contributed by atoms with Gasteiger partial charge in [-0.25, -0.2) is 18.8 Å². The van der Waals surface area contributed by atoms with Gasteiger partial charge in [0, 0.05) is 30.9 Å². The summed E-state index contributed by atoms with van der Waals surface area (Å²) in [6.45, 7) is 0. The third kappa shape index (κ3) is 2.79. The number of amides is 1. The highest BCUT2D eigenvalue weighted by Gasteiger charge is 2.50. The summed E-state index contributed by atoms with van der Waals surface area (Å²) in [5.41, 5.74) is 4.44. The zero-order chi connectivity index (χ0) is 17.5. The quantitative estimate of drug-likeness (QED) is 0.920. The SMILES string of the molecule is C.COc1ccc(C2(c3cc(F)cc(F)c3)N=C(N)N(C)C2=O)cn1. The van der Waals surface area contributed by atoms with Crippen molar-refractivity contribution in [3.8, 4) is 5.88 Å². The van der Waals surface area contributed by atoms with Gasteiger partial charge in [0.15, 0.2) is 11.5 Å². The van der Waals surface area contributed by atoms with Crippen LogP contribution in [0.1, 0.15) is 18.6 Å². The van der Waals surface area contributed by atoms with Gasteiger partial charge in [0.2, 0.25) is 5.88 Å². The number of nitrogens with zero attached hydrogens (tertiary/aromatic N) is 3. The first-order valence-corrected chi connectivity index (χ1v) is 6.99. The normalized spacial score (nSPS) is 19.4. The van der Waals surface area contributed by atoms with Crippen molar-refractivity contribution in [2.75, 3.05) is 14.2 Å². The largest absolute Gasteiger partial charge is 0.481 e. The number of likely N-dealkylation sites (N-methyl/N-ethyl adjacent to an activating group) is 1. The summed E-state index contributed by atoms with van der Waals surface area (Å²) in [7, 11) is 2.89. The molecule has 1 amide bonds.